The molecule has 0 radical (unpaired) electrons. The van der Waals surface area contributed by atoms with Gasteiger partial charge in [-0.25, -0.2) is 0 Å². The molecule has 76 valence electrons. The molecular formula is C10H10N4O. The average Bonchev–Trinajstić information content (AvgIpc) is 2.67. The number of aromatic amines is 1. The molecule has 0 spiro atoms. The highest BCUT2D eigenvalue weighted by molar-refractivity contribution is 5.81. The highest BCUT2D eigenvalue weighted by Crippen LogP contribution is 2.21. The Morgan fingerprint density at radius 1 is 1.47 bits per heavy atom. The molecule has 1 aromatic heterocycles. The minimum atomic E-state index is 0.341. The van der Waals surface area contributed by atoms with Gasteiger partial charge in [-0.05, 0) is 29.1 Å². The first-order valence-electron chi connectivity index (χ1n) is 4.50. The molecule has 1 N–H and O–H groups in total. The van der Waals surface area contributed by atoms with E-state index in [2.05, 4.69) is 15.0 Å². The molecule has 5 heteroatoms. The number of hydrogen-bond donors (Lipinski definition) is 1. The Kier molecular flexibility index (Phi) is 2.48. The molecule has 2 rings (SSSR count). The Bertz CT molecular complexity index is 525. The smallest absolute Gasteiger partial charge is 0.120 e. The predicted octanol–water partition coefficient (Wildman–Crippen LogP) is 2.99. The second kappa shape index (κ2) is 3.94. The Balaban J connectivity index is 2.41. The van der Waals surface area contributed by atoms with Crippen molar-refractivity contribution in [1.29, 1.82) is 0 Å². The summed E-state index contributed by atoms with van der Waals surface area (Å²) in [6, 6.07) is 7.73. The minimum absolute atomic E-state index is 0.341. The predicted molar refractivity (Wildman–Crippen MR) is 57.7 cm³/mol. The number of ether oxygens (including phenoxy) is 1. The number of fused-ring (bicyclic) bond motifs is 1. The topological polar surface area (TPSA) is 73.8 Å². The minimum Gasteiger partial charge on any atom is -0.497 e. The fourth-order valence-corrected chi connectivity index (χ4v) is 1.49. The zero-order chi connectivity index (χ0) is 10.7. The summed E-state index contributed by atoms with van der Waals surface area (Å²) in [5.41, 5.74) is 10.1. The number of H-pyrrole nitrogens is 1. The molecule has 2 aromatic rings. The van der Waals surface area contributed by atoms with Gasteiger partial charge in [-0.2, -0.15) is 0 Å². The van der Waals surface area contributed by atoms with Gasteiger partial charge in [0, 0.05) is 22.2 Å². The Morgan fingerprint density at radius 3 is 3.07 bits per heavy atom. The maximum atomic E-state index is 8.21. The third kappa shape index (κ3) is 1.87. The van der Waals surface area contributed by atoms with Crippen LogP contribution in [-0.2, 0) is 6.54 Å². The molecule has 0 aliphatic rings. The van der Waals surface area contributed by atoms with E-state index < -0.39 is 0 Å². The summed E-state index contributed by atoms with van der Waals surface area (Å²) in [5.74, 6) is 0.805. The van der Waals surface area contributed by atoms with Crippen LogP contribution in [-0.4, -0.2) is 12.1 Å². The quantitative estimate of drug-likeness (QED) is 0.463. The van der Waals surface area contributed by atoms with Gasteiger partial charge in [0.2, 0.25) is 0 Å². The average molecular weight is 202 g/mol. The van der Waals surface area contributed by atoms with Crippen molar-refractivity contribution in [2.75, 3.05) is 7.11 Å². The lowest BCUT2D eigenvalue weighted by molar-refractivity contribution is 0.415. The molecular weight excluding hydrogens is 192 g/mol. The van der Waals surface area contributed by atoms with Gasteiger partial charge in [-0.15, -0.1) is 0 Å². The van der Waals surface area contributed by atoms with Gasteiger partial charge in [-0.3, -0.25) is 0 Å². The number of hydrogen-bond acceptors (Lipinski definition) is 2. The van der Waals surface area contributed by atoms with Gasteiger partial charge >= 0.3 is 0 Å². The van der Waals surface area contributed by atoms with Crippen molar-refractivity contribution in [2.24, 2.45) is 5.11 Å². The molecule has 0 aliphatic carbocycles. The molecule has 0 unspecified atom stereocenters. The van der Waals surface area contributed by atoms with Gasteiger partial charge in [0.15, 0.2) is 0 Å². The maximum absolute atomic E-state index is 8.21. The molecule has 0 amide bonds. The molecule has 0 bridgehead atoms. The van der Waals surface area contributed by atoms with Crippen molar-refractivity contribution < 1.29 is 4.74 Å². The van der Waals surface area contributed by atoms with E-state index in [4.69, 9.17) is 10.3 Å². The van der Waals surface area contributed by atoms with E-state index in [1.807, 2.05) is 24.3 Å². The molecule has 15 heavy (non-hydrogen) atoms. The number of azide groups is 1. The number of aromatic nitrogens is 1. The van der Waals surface area contributed by atoms with Crippen LogP contribution in [0.15, 0.2) is 29.4 Å². The van der Waals surface area contributed by atoms with Crippen LogP contribution >= 0.6 is 0 Å². The first kappa shape index (κ1) is 9.43. The summed E-state index contributed by atoms with van der Waals surface area (Å²) < 4.78 is 5.11. The van der Waals surface area contributed by atoms with Crippen LogP contribution in [0.4, 0.5) is 0 Å². The van der Waals surface area contributed by atoms with Crippen molar-refractivity contribution in [3.63, 3.8) is 0 Å². The second-order valence-corrected chi connectivity index (χ2v) is 3.14. The van der Waals surface area contributed by atoms with Crippen molar-refractivity contribution in [3.8, 4) is 5.75 Å². The Morgan fingerprint density at radius 2 is 2.33 bits per heavy atom. The highest BCUT2D eigenvalue weighted by Gasteiger charge is 2.00. The van der Waals surface area contributed by atoms with Crippen molar-refractivity contribution in [2.45, 2.75) is 6.54 Å². The van der Waals surface area contributed by atoms with Crippen molar-refractivity contribution in [3.05, 3.63) is 40.4 Å². The molecule has 0 fully saturated rings. The van der Waals surface area contributed by atoms with Crippen LogP contribution in [0.1, 0.15) is 5.69 Å². The van der Waals surface area contributed by atoms with Gasteiger partial charge in [-0.1, -0.05) is 5.11 Å². The second-order valence-electron chi connectivity index (χ2n) is 3.14. The summed E-state index contributed by atoms with van der Waals surface area (Å²) in [6.45, 7) is 0.341. The Hall–Kier alpha value is -2.13. The lowest BCUT2D eigenvalue weighted by Gasteiger charge is -1.97. The SMILES string of the molecule is COc1ccc2cc(CN=[N+]=[N-])[nH]c2c1. The third-order valence-corrected chi connectivity index (χ3v) is 2.19. The number of nitrogens with one attached hydrogen (secondary N) is 1. The first-order valence-corrected chi connectivity index (χ1v) is 4.50. The van der Waals surface area contributed by atoms with E-state index in [0.29, 0.717) is 6.54 Å². The number of rotatable bonds is 3. The largest absolute Gasteiger partial charge is 0.497 e. The van der Waals surface area contributed by atoms with Gasteiger partial charge in [0.05, 0.1) is 13.7 Å². The molecule has 5 nitrogen and oxygen atoms in total. The summed E-state index contributed by atoms with van der Waals surface area (Å²) >= 11 is 0. The number of benzene rings is 1. The van der Waals surface area contributed by atoms with Crippen molar-refractivity contribution >= 4 is 10.9 Å². The standard InChI is InChI=1S/C10H10N4O/c1-15-9-3-2-7-4-8(6-12-14-11)13-10(7)5-9/h2-5,13H,6H2,1H3. The van der Waals surface area contributed by atoms with E-state index >= 15 is 0 Å². The van der Waals surface area contributed by atoms with Crippen LogP contribution < -0.4 is 4.74 Å². The zero-order valence-electron chi connectivity index (χ0n) is 8.27. The summed E-state index contributed by atoms with van der Waals surface area (Å²) in [4.78, 5) is 5.88. The lowest BCUT2D eigenvalue weighted by atomic mass is 10.2. The molecule has 0 aliphatic heterocycles. The highest BCUT2D eigenvalue weighted by atomic mass is 16.5. The summed E-state index contributed by atoms with van der Waals surface area (Å²) in [7, 11) is 1.63. The number of methoxy groups -OCH3 is 1. The number of nitrogens with zero attached hydrogens (tertiary/aromatic N) is 3. The summed E-state index contributed by atoms with van der Waals surface area (Å²) in [5, 5.41) is 4.58. The van der Waals surface area contributed by atoms with Gasteiger partial charge in [0.1, 0.15) is 5.75 Å². The molecule has 1 heterocycles. The lowest BCUT2D eigenvalue weighted by Crippen LogP contribution is -1.81. The molecule has 1 aromatic carbocycles. The normalized spacial score (nSPS) is 9.93. The van der Waals surface area contributed by atoms with Crippen LogP contribution in [0, 0.1) is 0 Å². The van der Waals surface area contributed by atoms with E-state index in [0.717, 1.165) is 22.3 Å². The zero-order valence-corrected chi connectivity index (χ0v) is 8.27. The molecule has 0 saturated carbocycles. The van der Waals surface area contributed by atoms with E-state index in [-0.39, 0.29) is 0 Å². The van der Waals surface area contributed by atoms with E-state index in [9.17, 15) is 0 Å². The molecule has 0 saturated heterocycles. The van der Waals surface area contributed by atoms with Gasteiger partial charge in [0.25, 0.3) is 0 Å². The summed E-state index contributed by atoms with van der Waals surface area (Å²) in [6.07, 6.45) is 0. The maximum Gasteiger partial charge on any atom is 0.120 e. The van der Waals surface area contributed by atoms with Crippen LogP contribution in [0.2, 0.25) is 0 Å². The van der Waals surface area contributed by atoms with Crippen LogP contribution in [0.5, 0.6) is 5.75 Å². The Labute approximate surface area is 86.3 Å². The fraction of sp³-hybridized carbons (Fsp3) is 0.200. The fourth-order valence-electron chi connectivity index (χ4n) is 1.49. The van der Waals surface area contributed by atoms with E-state index in [1.165, 1.54) is 0 Å². The third-order valence-electron chi connectivity index (χ3n) is 2.19. The van der Waals surface area contributed by atoms with Gasteiger partial charge < -0.3 is 9.72 Å². The monoisotopic (exact) mass is 202 g/mol. The van der Waals surface area contributed by atoms with Crippen LogP contribution in [0.25, 0.3) is 21.3 Å². The molecule has 0 atom stereocenters. The van der Waals surface area contributed by atoms with E-state index in [1.54, 1.807) is 7.11 Å². The first-order chi connectivity index (χ1) is 7.33. The van der Waals surface area contributed by atoms with Crippen molar-refractivity contribution in [1.82, 2.24) is 4.98 Å². The van der Waals surface area contributed by atoms with Crippen LogP contribution in [0.3, 0.4) is 0 Å².